The van der Waals surface area contributed by atoms with Crippen molar-refractivity contribution in [2.45, 2.75) is 13.8 Å². The Bertz CT molecular complexity index is 1020. The number of carbonyl (C=O) groups excluding carboxylic acids is 1. The van der Waals surface area contributed by atoms with E-state index in [1.165, 1.54) is 17.4 Å². The zero-order valence-corrected chi connectivity index (χ0v) is 13.3. The summed E-state index contributed by atoms with van der Waals surface area (Å²) in [6, 6.07) is 10.5. The molecule has 0 fully saturated rings. The van der Waals surface area contributed by atoms with Crippen LogP contribution >= 0.6 is 11.3 Å². The van der Waals surface area contributed by atoms with Gasteiger partial charge in [0.05, 0.1) is 10.9 Å². The van der Waals surface area contributed by atoms with Crippen LogP contribution in [0.3, 0.4) is 0 Å². The fourth-order valence-corrected chi connectivity index (χ4v) is 3.27. The number of nitrogens with one attached hydrogen (secondary N) is 1. The Balaban J connectivity index is 2.00. The summed E-state index contributed by atoms with van der Waals surface area (Å²) in [5.41, 5.74) is 0.712. The zero-order valence-electron chi connectivity index (χ0n) is 12.5. The number of amides is 1. The molecule has 2 heterocycles. The van der Waals surface area contributed by atoms with Gasteiger partial charge in [-0.25, -0.2) is 4.79 Å². The Morgan fingerprint density at radius 3 is 2.78 bits per heavy atom. The molecule has 0 radical (unpaired) electrons. The lowest BCUT2D eigenvalue weighted by atomic mass is 10.1. The van der Waals surface area contributed by atoms with Crippen molar-refractivity contribution in [3.8, 4) is 6.07 Å². The van der Waals surface area contributed by atoms with Crippen molar-refractivity contribution in [3.05, 3.63) is 62.5 Å². The molecule has 0 aliphatic rings. The summed E-state index contributed by atoms with van der Waals surface area (Å²) in [4.78, 5) is 25.2. The van der Waals surface area contributed by atoms with E-state index in [0.29, 0.717) is 21.3 Å². The smallest absolute Gasteiger partial charge is 0.344 e. The molecule has 0 saturated carbocycles. The molecule has 0 spiro atoms. The Morgan fingerprint density at radius 2 is 2.04 bits per heavy atom. The molecule has 1 aromatic carbocycles. The van der Waals surface area contributed by atoms with Gasteiger partial charge in [0.15, 0.2) is 5.76 Å². The molecule has 2 aromatic heterocycles. The van der Waals surface area contributed by atoms with Crippen molar-refractivity contribution in [2.75, 3.05) is 5.32 Å². The molecule has 0 aliphatic carbocycles. The van der Waals surface area contributed by atoms with Crippen LogP contribution in [0.1, 0.15) is 26.6 Å². The van der Waals surface area contributed by atoms with Gasteiger partial charge in [0.2, 0.25) is 0 Å². The number of rotatable bonds is 2. The number of nitrogens with zero attached hydrogens (tertiary/aromatic N) is 1. The normalized spacial score (nSPS) is 10.5. The van der Waals surface area contributed by atoms with Gasteiger partial charge in [-0.05, 0) is 36.9 Å². The largest absolute Gasteiger partial charge is 0.417 e. The van der Waals surface area contributed by atoms with Crippen molar-refractivity contribution in [3.63, 3.8) is 0 Å². The quantitative estimate of drug-likeness (QED) is 0.780. The minimum atomic E-state index is -0.563. The molecule has 0 unspecified atom stereocenters. The molecule has 6 heteroatoms. The standard InChI is InChI=1S/C17H12N2O3S/c1-9-10(2)23-16(13(9)8-18)19-15(20)14-7-11-5-3-4-6-12(11)17(21)22-14/h3-7H,1-2H3,(H,19,20). The third-order valence-electron chi connectivity index (χ3n) is 3.62. The number of aryl methyl sites for hydroxylation is 1. The molecule has 3 aromatic rings. The molecular weight excluding hydrogens is 312 g/mol. The highest BCUT2D eigenvalue weighted by Gasteiger charge is 2.18. The first kappa shape index (κ1) is 15.0. The average molecular weight is 324 g/mol. The van der Waals surface area contributed by atoms with E-state index >= 15 is 0 Å². The molecular formula is C17H12N2O3S. The van der Waals surface area contributed by atoms with Crippen molar-refractivity contribution < 1.29 is 9.21 Å². The molecule has 114 valence electrons. The Hall–Kier alpha value is -2.91. The molecule has 0 atom stereocenters. The molecule has 23 heavy (non-hydrogen) atoms. The van der Waals surface area contributed by atoms with Gasteiger partial charge in [0.1, 0.15) is 11.1 Å². The van der Waals surface area contributed by atoms with Crippen LogP contribution in [0.4, 0.5) is 5.00 Å². The number of carbonyl (C=O) groups is 1. The predicted octanol–water partition coefficient (Wildman–Crippen LogP) is 3.60. The van der Waals surface area contributed by atoms with E-state index in [9.17, 15) is 14.9 Å². The second-order valence-electron chi connectivity index (χ2n) is 5.04. The summed E-state index contributed by atoms with van der Waals surface area (Å²) in [5.74, 6) is -0.633. The van der Waals surface area contributed by atoms with E-state index in [4.69, 9.17) is 4.42 Å². The Labute approximate surface area is 135 Å². The van der Waals surface area contributed by atoms with Gasteiger partial charge in [-0.3, -0.25) is 4.79 Å². The van der Waals surface area contributed by atoms with Gasteiger partial charge in [-0.15, -0.1) is 11.3 Å². The summed E-state index contributed by atoms with van der Waals surface area (Å²) in [6.07, 6.45) is 0. The number of anilines is 1. The Morgan fingerprint density at radius 1 is 1.30 bits per heavy atom. The lowest BCUT2D eigenvalue weighted by Crippen LogP contribution is -2.14. The first-order valence-corrected chi connectivity index (χ1v) is 7.67. The van der Waals surface area contributed by atoms with E-state index < -0.39 is 11.5 Å². The second-order valence-corrected chi connectivity index (χ2v) is 6.26. The fourth-order valence-electron chi connectivity index (χ4n) is 2.26. The Kier molecular flexibility index (Phi) is 3.72. The maximum Gasteiger partial charge on any atom is 0.344 e. The lowest BCUT2D eigenvalue weighted by Gasteiger charge is -2.03. The molecule has 3 rings (SSSR count). The van der Waals surface area contributed by atoms with Crippen LogP contribution in [0.5, 0.6) is 0 Å². The molecule has 1 N–H and O–H groups in total. The molecule has 1 amide bonds. The first-order valence-electron chi connectivity index (χ1n) is 6.85. The van der Waals surface area contributed by atoms with E-state index in [1.807, 2.05) is 13.8 Å². The van der Waals surface area contributed by atoms with Crippen LogP contribution in [0.25, 0.3) is 10.8 Å². The van der Waals surface area contributed by atoms with E-state index in [0.717, 1.165) is 10.4 Å². The highest BCUT2D eigenvalue weighted by atomic mass is 32.1. The molecule has 0 saturated heterocycles. The average Bonchev–Trinajstić information content (AvgIpc) is 2.81. The molecule has 0 aliphatic heterocycles. The highest BCUT2D eigenvalue weighted by Crippen LogP contribution is 2.32. The van der Waals surface area contributed by atoms with E-state index in [2.05, 4.69) is 11.4 Å². The summed E-state index contributed by atoms with van der Waals surface area (Å²) >= 11 is 1.32. The van der Waals surface area contributed by atoms with E-state index in [-0.39, 0.29) is 5.76 Å². The summed E-state index contributed by atoms with van der Waals surface area (Å²) in [7, 11) is 0. The number of hydrogen-bond donors (Lipinski definition) is 1. The summed E-state index contributed by atoms with van der Waals surface area (Å²) < 4.78 is 5.09. The van der Waals surface area contributed by atoms with Crippen LogP contribution in [0.2, 0.25) is 0 Å². The minimum absolute atomic E-state index is 0.0821. The maximum absolute atomic E-state index is 12.4. The number of benzene rings is 1. The highest BCUT2D eigenvalue weighted by molar-refractivity contribution is 7.16. The molecule has 5 nitrogen and oxygen atoms in total. The van der Waals surface area contributed by atoms with Gasteiger partial charge in [-0.1, -0.05) is 18.2 Å². The van der Waals surface area contributed by atoms with Gasteiger partial charge in [0, 0.05) is 4.88 Å². The fraction of sp³-hybridized carbons (Fsp3) is 0.118. The van der Waals surface area contributed by atoms with Gasteiger partial charge in [-0.2, -0.15) is 5.26 Å². The van der Waals surface area contributed by atoms with Crippen molar-refractivity contribution in [1.29, 1.82) is 5.26 Å². The number of nitriles is 1. The SMILES string of the molecule is Cc1sc(NC(=O)c2cc3ccccc3c(=O)o2)c(C#N)c1C. The monoisotopic (exact) mass is 324 g/mol. The van der Waals surface area contributed by atoms with Crippen LogP contribution in [-0.2, 0) is 0 Å². The van der Waals surface area contributed by atoms with Crippen molar-refractivity contribution >= 4 is 33.0 Å². The first-order chi connectivity index (χ1) is 11.0. The molecule has 0 bridgehead atoms. The van der Waals surface area contributed by atoms with Gasteiger partial charge >= 0.3 is 5.63 Å². The summed E-state index contributed by atoms with van der Waals surface area (Å²) in [6.45, 7) is 3.71. The zero-order chi connectivity index (χ0) is 16.6. The van der Waals surface area contributed by atoms with Crippen molar-refractivity contribution in [2.24, 2.45) is 0 Å². The second kappa shape index (κ2) is 5.71. The van der Waals surface area contributed by atoms with Crippen LogP contribution in [-0.4, -0.2) is 5.91 Å². The number of hydrogen-bond acceptors (Lipinski definition) is 5. The maximum atomic E-state index is 12.4. The van der Waals surface area contributed by atoms with Gasteiger partial charge in [0.25, 0.3) is 5.91 Å². The van der Waals surface area contributed by atoms with Crippen LogP contribution in [0.15, 0.2) is 39.5 Å². The van der Waals surface area contributed by atoms with Crippen LogP contribution < -0.4 is 10.9 Å². The van der Waals surface area contributed by atoms with E-state index in [1.54, 1.807) is 24.3 Å². The third kappa shape index (κ3) is 2.62. The number of fused-ring (bicyclic) bond motifs is 1. The third-order valence-corrected chi connectivity index (χ3v) is 4.74. The lowest BCUT2D eigenvalue weighted by molar-refractivity contribution is 0.0993. The minimum Gasteiger partial charge on any atom is -0.417 e. The summed E-state index contributed by atoms with van der Waals surface area (Å²) in [5, 5.41) is 13.4. The number of thiophene rings is 1. The predicted molar refractivity (Wildman–Crippen MR) is 88.9 cm³/mol. The van der Waals surface area contributed by atoms with Crippen LogP contribution in [0, 0.1) is 25.2 Å². The van der Waals surface area contributed by atoms with Gasteiger partial charge < -0.3 is 9.73 Å². The van der Waals surface area contributed by atoms with Crippen molar-refractivity contribution in [1.82, 2.24) is 0 Å². The topological polar surface area (TPSA) is 83.1 Å².